The first-order valence-corrected chi connectivity index (χ1v) is 7.06. The van der Waals surface area contributed by atoms with Crippen molar-refractivity contribution in [1.82, 2.24) is 14.9 Å². The molecular weight excluding hydrogens is 299 g/mol. The van der Waals surface area contributed by atoms with Gasteiger partial charge >= 0.3 is 6.18 Å². The van der Waals surface area contributed by atoms with Crippen molar-refractivity contribution in [2.24, 2.45) is 0 Å². The molecule has 5 nitrogen and oxygen atoms in total. The van der Waals surface area contributed by atoms with E-state index in [1.807, 2.05) is 6.92 Å². The number of piperidine rings is 1. The quantitative estimate of drug-likeness (QED) is 0.859. The smallest absolute Gasteiger partial charge is 0.397 e. The number of carbonyl (C=O) groups is 1. The molecule has 0 unspecified atom stereocenters. The third-order valence-corrected chi connectivity index (χ3v) is 3.38. The van der Waals surface area contributed by atoms with Crippen molar-refractivity contribution in [1.29, 1.82) is 0 Å². The minimum Gasteiger partial charge on any atom is -0.474 e. The molecule has 2 rings (SSSR count). The van der Waals surface area contributed by atoms with Crippen molar-refractivity contribution in [3.05, 3.63) is 17.6 Å². The molecule has 1 fully saturated rings. The van der Waals surface area contributed by atoms with Crippen molar-refractivity contribution in [2.45, 2.75) is 45.4 Å². The van der Waals surface area contributed by atoms with Crippen molar-refractivity contribution in [3.8, 4) is 5.88 Å². The Bertz CT molecular complexity index is 520. The van der Waals surface area contributed by atoms with Crippen molar-refractivity contribution in [3.63, 3.8) is 0 Å². The molecule has 1 aromatic rings. The van der Waals surface area contributed by atoms with E-state index >= 15 is 0 Å². The number of alkyl halides is 3. The highest BCUT2D eigenvalue weighted by molar-refractivity contribution is 5.76. The first-order chi connectivity index (χ1) is 10.2. The Balaban J connectivity index is 1.86. The number of hydrogen-bond acceptors (Lipinski definition) is 4. The van der Waals surface area contributed by atoms with Crippen LogP contribution in [0.1, 0.15) is 30.8 Å². The Morgan fingerprint density at radius 3 is 2.50 bits per heavy atom. The fourth-order valence-corrected chi connectivity index (χ4v) is 2.42. The Hall–Kier alpha value is -1.86. The van der Waals surface area contributed by atoms with Crippen molar-refractivity contribution >= 4 is 5.91 Å². The Kier molecular flexibility index (Phi) is 4.87. The number of likely N-dealkylation sites (tertiary alicyclic amines) is 1. The number of aryl methyl sites for hydroxylation is 2. The molecule has 0 aromatic carbocycles. The Morgan fingerprint density at radius 1 is 1.32 bits per heavy atom. The number of hydrogen-bond donors (Lipinski definition) is 0. The van der Waals surface area contributed by atoms with Crippen LogP contribution in [-0.2, 0) is 4.79 Å². The number of carbonyl (C=O) groups excluding carboxylic acids is 1. The molecule has 1 amide bonds. The van der Waals surface area contributed by atoms with E-state index in [0.29, 0.717) is 24.5 Å². The number of nitrogens with zero attached hydrogens (tertiary/aromatic N) is 3. The summed E-state index contributed by atoms with van der Waals surface area (Å²) in [5.74, 6) is 0.192. The predicted molar refractivity (Wildman–Crippen MR) is 72.4 cm³/mol. The van der Waals surface area contributed by atoms with Crippen LogP contribution >= 0.6 is 0 Å². The highest BCUT2D eigenvalue weighted by Crippen LogP contribution is 2.23. The van der Waals surface area contributed by atoms with Crippen LogP contribution in [0.4, 0.5) is 13.2 Å². The minimum absolute atomic E-state index is 0.149. The van der Waals surface area contributed by atoms with Crippen LogP contribution in [0.3, 0.4) is 0 Å². The zero-order valence-electron chi connectivity index (χ0n) is 12.5. The second kappa shape index (κ2) is 6.50. The van der Waals surface area contributed by atoms with Crippen LogP contribution in [-0.4, -0.2) is 46.1 Å². The number of ether oxygens (including phenoxy) is 1. The summed E-state index contributed by atoms with van der Waals surface area (Å²) in [5, 5.41) is 0. The van der Waals surface area contributed by atoms with E-state index < -0.39 is 18.5 Å². The maximum Gasteiger partial charge on any atom is 0.397 e. The van der Waals surface area contributed by atoms with Crippen LogP contribution in [0.2, 0.25) is 0 Å². The average molecular weight is 317 g/mol. The molecule has 8 heteroatoms. The Labute approximate surface area is 126 Å². The summed E-state index contributed by atoms with van der Waals surface area (Å²) < 4.78 is 42.4. The summed E-state index contributed by atoms with van der Waals surface area (Å²) in [4.78, 5) is 21.1. The van der Waals surface area contributed by atoms with E-state index in [1.54, 1.807) is 13.0 Å². The lowest BCUT2D eigenvalue weighted by molar-refractivity contribution is -0.162. The van der Waals surface area contributed by atoms with Crippen LogP contribution in [0.15, 0.2) is 6.07 Å². The first kappa shape index (κ1) is 16.5. The molecule has 22 heavy (non-hydrogen) atoms. The average Bonchev–Trinajstić information content (AvgIpc) is 2.36. The third kappa shape index (κ3) is 4.85. The summed E-state index contributed by atoms with van der Waals surface area (Å²) >= 11 is 0. The van der Waals surface area contributed by atoms with Crippen molar-refractivity contribution in [2.75, 3.05) is 13.1 Å². The molecule has 0 N–H and O–H groups in total. The van der Waals surface area contributed by atoms with Gasteiger partial charge in [-0.2, -0.15) is 18.2 Å². The van der Waals surface area contributed by atoms with Gasteiger partial charge in [0, 0.05) is 37.7 Å². The van der Waals surface area contributed by atoms with Gasteiger partial charge in [-0.1, -0.05) is 0 Å². The zero-order chi connectivity index (χ0) is 16.3. The molecule has 0 aliphatic carbocycles. The van der Waals surface area contributed by atoms with Gasteiger partial charge in [0.25, 0.3) is 0 Å². The summed E-state index contributed by atoms with van der Waals surface area (Å²) in [6.45, 7) is 4.13. The predicted octanol–water partition coefficient (Wildman–Crippen LogP) is 2.42. The topological polar surface area (TPSA) is 55.3 Å². The maximum absolute atomic E-state index is 12.2. The monoisotopic (exact) mass is 317 g/mol. The summed E-state index contributed by atoms with van der Waals surface area (Å²) in [6.07, 6.45) is -5.02. The van der Waals surface area contributed by atoms with E-state index in [9.17, 15) is 18.0 Å². The summed E-state index contributed by atoms with van der Waals surface area (Å²) in [6, 6.07) is 1.72. The number of aromatic nitrogens is 2. The third-order valence-electron chi connectivity index (χ3n) is 3.38. The van der Waals surface area contributed by atoms with E-state index in [-0.39, 0.29) is 19.2 Å². The molecule has 2 heterocycles. The van der Waals surface area contributed by atoms with Crippen LogP contribution in [0.25, 0.3) is 0 Å². The SMILES string of the molecule is Cc1cc(OC2CCN(C(=O)CC(F)(F)F)CC2)nc(C)n1. The van der Waals surface area contributed by atoms with Gasteiger partial charge in [0.2, 0.25) is 11.8 Å². The van der Waals surface area contributed by atoms with Crippen LogP contribution in [0.5, 0.6) is 5.88 Å². The van der Waals surface area contributed by atoms with Gasteiger partial charge in [0.1, 0.15) is 18.3 Å². The maximum atomic E-state index is 12.2. The molecule has 122 valence electrons. The molecule has 0 atom stereocenters. The lowest BCUT2D eigenvalue weighted by Gasteiger charge is -2.32. The van der Waals surface area contributed by atoms with E-state index in [1.165, 1.54) is 4.90 Å². The number of rotatable bonds is 3. The first-order valence-electron chi connectivity index (χ1n) is 7.06. The van der Waals surface area contributed by atoms with Gasteiger partial charge < -0.3 is 9.64 Å². The van der Waals surface area contributed by atoms with Crippen LogP contribution < -0.4 is 4.74 Å². The van der Waals surface area contributed by atoms with Gasteiger partial charge in [0.05, 0.1) is 0 Å². The molecule has 1 saturated heterocycles. The fourth-order valence-electron chi connectivity index (χ4n) is 2.42. The van der Waals surface area contributed by atoms with Gasteiger partial charge in [-0.25, -0.2) is 4.98 Å². The minimum atomic E-state index is -4.46. The molecule has 1 aromatic heterocycles. The standard InChI is InChI=1S/C14H18F3N3O2/c1-9-7-12(19-10(2)18-9)22-11-3-5-20(6-4-11)13(21)8-14(15,16)17/h7,11H,3-6,8H2,1-2H3. The highest BCUT2D eigenvalue weighted by Gasteiger charge is 2.34. The second-order valence-corrected chi connectivity index (χ2v) is 5.38. The highest BCUT2D eigenvalue weighted by atomic mass is 19.4. The zero-order valence-corrected chi connectivity index (χ0v) is 12.5. The molecule has 1 aliphatic rings. The summed E-state index contributed by atoms with van der Waals surface area (Å²) in [5.41, 5.74) is 0.792. The van der Waals surface area contributed by atoms with Crippen LogP contribution in [0, 0.1) is 13.8 Å². The van der Waals surface area contributed by atoms with E-state index in [2.05, 4.69) is 9.97 Å². The molecule has 0 saturated carbocycles. The van der Waals surface area contributed by atoms with Gasteiger partial charge in [0.15, 0.2) is 0 Å². The van der Waals surface area contributed by atoms with E-state index in [4.69, 9.17) is 4.74 Å². The molecule has 1 aliphatic heterocycles. The molecule has 0 radical (unpaired) electrons. The van der Waals surface area contributed by atoms with Gasteiger partial charge in [-0.15, -0.1) is 0 Å². The van der Waals surface area contributed by atoms with Crippen molar-refractivity contribution < 1.29 is 22.7 Å². The lowest BCUT2D eigenvalue weighted by Crippen LogP contribution is -2.43. The van der Waals surface area contributed by atoms with Gasteiger partial charge in [-0.3, -0.25) is 4.79 Å². The fraction of sp³-hybridized carbons (Fsp3) is 0.643. The number of halogens is 3. The largest absolute Gasteiger partial charge is 0.474 e. The Morgan fingerprint density at radius 2 is 1.95 bits per heavy atom. The molecule has 0 bridgehead atoms. The molecule has 0 spiro atoms. The van der Waals surface area contributed by atoms with Gasteiger partial charge in [-0.05, 0) is 13.8 Å². The second-order valence-electron chi connectivity index (χ2n) is 5.38. The lowest BCUT2D eigenvalue weighted by atomic mass is 10.1. The molecular formula is C14H18F3N3O2. The summed E-state index contributed by atoms with van der Waals surface area (Å²) in [7, 11) is 0. The normalized spacial score (nSPS) is 16.7. The van der Waals surface area contributed by atoms with E-state index in [0.717, 1.165) is 5.69 Å². The number of amides is 1.